The molecule has 0 heterocycles. The number of Topliss-reactive ketones (excluding diaryl/α,β-unsaturated/α-hetero) is 1. The number of hydrogen-bond acceptors (Lipinski definition) is 7. The van der Waals surface area contributed by atoms with Crippen molar-refractivity contribution >= 4 is 39.6 Å². The third-order valence-electron chi connectivity index (χ3n) is 2.10. The molecule has 0 aromatic rings. The van der Waals surface area contributed by atoms with Gasteiger partial charge in [-0.2, -0.15) is 0 Å². The van der Waals surface area contributed by atoms with Crippen LogP contribution in [0.3, 0.4) is 0 Å². The molecule has 0 aliphatic heterocycles. The molecule has 0 aliphatic carbocycles. The van der Waals surface area contributed by atoms with E-state index in [0.717, 1.165) is 6.29 Å². The predicted molar refractivity (Wildman–Crippen MR) is 75.5 cm³/mol. The van der Waals surface area contributed by atoms with Gasteiger partial charge in [0.05, 0.1) is 17.8 Å². The van der Waals surface area contributed by atoms with E-state index in [1.807, 2.05) is 0 Å². The topological polar surface area (TPSA) is 101 Å². The lowest BCUT2D eigenvalue weighted by atomic mass is 10.2. The van der Waals surface area contributed by atoms with Crippen molar-refractivity contribution in [2.45, 2.75) is 19.0 Å². The van der Waals surface area contributed by atoms with E-state index in [1.165, 1.54) is 28.5 Å². The molecule has 18 heavy (non-hydrogen) atoms. The van der Waals surface area contributed by atoms with Crippen LogP contribution < -0.4 is 16.4 Å². The van der Waals surface area contributed by atoms with Crippen molar-refractivity contribution in [1.29, 1.82) is 0 Å². The van der Waals surface area contributed by atoms with E-state index in [1.54, 1.807) is 7.05 Å². The predicted octanol–water partition coefficient (Wildman–Crippen LogP) is -0.813. The first-order chi connectivity index (χ1) is 8.51. The average molecular weight is 293 g/mol. The van der Waals surface area contributed by atoms with Crippen molar-refractivity contribution in [3.8, 4) is 0 Å². The van der Waals surface area contributed by atoms with Crippen LogP contribution in [0.4, 0.5) is 0 Å². The molecule has 0 saturated heterocycles. The maximum Gasteiger partial charge on any atom is 0.230 e. The first-order valence-electron chi connectivity index (χ1n) is 5.41. The molecule has 8 heteroatoms. The molecule has 1 amide bonds. The molecule has 2 atom stereocenters. The summed E-state index contributed by atoms with van der Waals surface area (Å²) in [4.78, 5) is 32.7. The summed E-state index contributed by atoms with van der Waals surface area (Å²) in [5.41, 5.74) is 5.47. The first kappa shape index (κ1) is 17.4. The van der Waals surface area contributed by atoms with Gasteiger partial charge in [0.1, 0.15) is 12.1 Å². The second kappa shape index (κ2) is 10.4. The summed E-state index contributed by atoms with van der Waals surface area (Å²) < 4.78 is 0. The monoisotopic (exact) mass is 293 g/mol. The quantitative estimate of drug-likeness (QED) is 0.275. The summed E-state index contributed by atoms with van der Waals surface area (Å²) >= 11 is 0. The Hall–Kier alpha value is -0.570. The number of carbonyl (C=O) groups excluding carboxylic acids is 3. The van der Waals surface area contributed by atoms with Gasteiger partial charge in [-0.3, -0.25) is 9.59 Å². The number of amides is 1. The van der Waals surface area contributed by atoms with Crippen molar-refractivity contribution in [3.63, 3.8) is 0 Å². The lowest BCUT2D eigenvalue weighted by Crippen LogP contribution is -2.42. The van der Waals surface area contributed by atoms with Crippen LogP contribution in [0.15, 0.2) is 0 Å². The van der Waals surface area contributed by atoms with Crippen LogP contribution in [0.1, 0.15) is 6.92 Å². The van der Waals surface area contributed by atoms with E-state index >= 15 is 0 Å². The zero-order valence-electron chi connectivity index (χ0n) is 10.5. The van der Waals surface area contributed by atoms with Crippen molar-refractivity contribution in [2.75, 3.05) is 25.1 Å². The molecule has 2 unspecified atom stereocenters. The number of carbonyl (C=O) groups is 3. The molecule has 0 bridgehead atoms. The Labute approximate surface area is 115 Å². The van der Waals surface area contributed by atoms with Gasteiger partial charge < -0.3 is 21.2 Å². The molecule has 0 rings (SSSR count). The molecule has 0 aromatic carbocycles. The number of ketones is 1. The van der Waals surface area contributed by atoms with E-state index in [2.05, 4.69) is 10.6 Å². The zero-order valence-corrected chi connectivity index (χ0v) is 12.1. The first-order valence-corrected chi connectivity index (χ1v) is 7.89. The minimum absolute atomic E-state index is 0.153. The summed E-state index contributed by atoms with van der Waals surface area (Å²) in [6.07, 6.45) is 0.833. The molecule has 0 radical (unpaired) electrons. The molecule has 0 fully saturated rings. The number of hydrogen-bond donors (Lipinski definition) is 3. The highest BCUT2D eigenvalue weighted by molar-refractivity contribution is 8.76. The molecule has 0 aromatic heterocycles. The SMILES string of the molecule is CNC(C=O)CSSCC(=O)NCC(N)C(C)=O. The number of rotatable bonds is 10. The van der Waals surface area contributed by atoms with E-state index in [0.29, 0.717) is 5.75 Å². The molecule has 104 valence electrons. The minimum Gasteiger partial charge on any atom is -0.353 e. The van der Waals surface area contributed by atoms with E-state index in [9.17, 15) is 14.4 Å². The van der Waals surface area contributed by atoms with Gasteiger partial charge in [0, 0.05) is 12.3 Å². The van der Waals surface area contributed by atoms with Gasteiger partial charge in [-0.15, -0.1) is 0 Å². The van der Waals surface area contributed by atoms with E-state index in [-0.39, 0.29) is 30.0 Å². The Kier molecular flexibility index (Phi) is 10.0. The normalized spacial score (nSPS) is 13.7. The van der Waals surface area contributed by atoms with Gasteiger partial charge in [0.15, 0.2) is 0 Å². The van der Waals surface area contributed by atoms with E-state index in [4.69, 9.17) is 5.73 Å². The maximum atomic E-state index is 11.4. The molecular formula is C10H19N3O3S2. The van der Waals surface area contributed by atoms with Crippen LogP contribution in [0, 0.1) is 0 Å². The van der Waals surface area contributed by atoms with Crippen LogP contribution in [0.25, 0.3) is 0 Å². The summed E-state index contributed by atoms with van der Waals surface area (Å²) in [7, 11) is 4.51. The van der Waals surface area contributed by atoms with Crippen molar-refractivity contribution in [2.24, 2.45) is 5.73 Å². The highest BCUT2D eigenvalue weighted by Gasteiger charge is 2.10. The third kappa shape index (κ3) is 8.51. The number of nitrogens with one attached hydrogen (secondary N) is 2. The highest BCUT2D eigenvalue weighted by Crippen LogP contribution is 2.20. The standard InChI is InChI=1S/C10H19N3O3S2/c1-7(15)9(11)3-13-10(16)6-18-17-5-8(4-14)12-2/h4,8-9,12H,3,5-6,11H2,1-2H3,(H,13,16). The summed E-state index contributed by atoms with van der Waals surface area (Å²) in [6, 6.07) is -0.841. The van der Waals surface area contributed by atoms with Crippen LogP contribution in [-0.2, 0) is 14.4 Å². The van der Waals surface area contributed by atoms with Crippen LogP contribution in [0.5, 0.6) is 0 Å². The largest absolute Gasteiger partial charge is 0.353 e. The Morgan fingerprint density at radius 2 is 2.06 bits per heavy atom. The fourth-order valence-electron chi connectivity index (χ4n) is 0.826. The van der Waals surface area contributed by atoms with Gasteiger partial charge in [-0.25, -0.2) is 0 Å². The second-order valence-corrected chi connectivity index (χ2v) is 6.11. The van der Waals surface area contributed by atoms with Crippen molar-refractivity contribution in [1.82, 2.24) is 10.6 Å². The smallest absolute Gasteiger partial charge is 0.230 e. The Balaban J connectivity index is 3.59. The lowest BCUT2D eigenvalue weighted by molar-refractivity contribution is -0.119. The summed E-state index contributed by atoms with van der Waals surface area (Å²) in [5, 5.41) is 5.41. The Morgan fingerprint density at radius 3 is 2.56 bits per heavy atom. The maximum absolute atomic E-state index is 11.4. The highest BCUT2D eigenvalue weighted by atomic mass is 33.1. The summed E-state index contributed by atoms with van der Waals surface area (Å²) in [5.74, 6) is 0.548. The van der Waals surface area contributed by atoms with Gasteiger partial charge in [-0.1, -0.05) is 21.6 Å². The van der Waals surface area contributed by atoms with Gasteiger partial charge in [0.2, 0.25) is 5.91 Å². The lowest BCUT2D eigenvalue weighted by Gasteiger charge is -2.10. The van der Waals surface area contributed by atoms with E-state index < -0.39 is 6.04 Å². The fraction of sp³-hybridized carbons (Fsp3) is 0.700. The Bertz CT molecular complexity index is 290. The summed E-state index contributed by atoms with van der Waals surface area (Å²) in [6.45, 7) is 1.55. The molecule has 0 saturated carbocycles. The van der Waals surface area contributed by atoms with Gasteiger partial charge in [0.25, 0.3) is 0 Å². The molecule has 4 N–H and O–H groups in total. The molecular weight excluding hydrogens is 274 g/mol. The van der Waals surface area contributed by atoms with Crippen LogP contribution >= 0.6 is 21.6 Å². The van der Waals surface area contributed by atoms with Crippen LogP contribution in [-0.4, -0.2) is 55.2 Å². The minimum atomic E-state index is -0.643. The second-order valence-electron chi connectivity index (χ2n) is 3.60. The molecule has 6 nitrogen and oxygen atoms in total. The van der Waals surface area contributed by atoms with Crippen LogP contribution in [0.2, 0.25) is 0 Å². The zero-order chi connectivity index (χ0) is 14.0. The third-order valence-corrected chi connectivity index (χ3v) is 4.40. The number of aldehydes is 1. The van der Waals surface area contributed by atoms with Crippen molar-refractivity contribution in [3.05, 3.63) is 0 Å². The molecule has 0 spiro atoms. The number of likely N-dealkylation sites (N-methyl/N-ethyl adjacent to an activating group) is 1. The fourth-order valence-corrected chi connectivity index (χ4v) is 2.91. The van der Waals surface area contributed by atoms with Crippen molar-refractivity contribution < 1.29 is 14.4 Å². The van der Waals surface area contributed by atoms with Gasteiger partial charge in [-0.05, 0) is 14.0 Å². The molecule has 0 aliphatic rings. The van der Waals surface area contributed by atoms with Gasteiger partial charge >= 0.3 is 0 Å². The number of nitrogens with two attached hydrogens (primary N) is 1. The Morgan fingerprint density at radius 1 is 1.39 bits per heavy atom. The average Bonchev–Trinajstić information content (AvgIpc) is 2.35.